The van der Waals surface area contributed by atoms with Crippen molar-refractivity contribution in [1.29, 1.82) is 0 Å². The molecule has 0 radical (unpaired) electrons. The normalized spacial score (nSPS) is 12.2. The quantitative estimate of drug-likeness (QED) is 0.888. The van der Waals surface area contributed by atoms with Crippen LogP contribution in [0.3, 0.4) is 0 Å². The molecule has 2 nitrogen and oxygen atoms in total. The van der Waals surface area contributed by atoms with Crippen LogP contribution in [0.2, 0.25) is 0 Å². The average Bonchev–Trinajstić information content (AvgIpc) is 2.35. The van der Waals surface area contributed by atoms with Crippen LogP contribution < -0.4 is 10.5 Å². The Labute approximate surface area is 106 Å². The van der Waals surface area contributed by atoms with Crippen LogP contribution in [0, 0.1) is 12.7 Å². The monoisotopic (exact) mass is 245 g/mol. The van der Waals surface area contributed by atoms with Gasteiger partial charge in [0.25, 0.3) is 0 Å². The summed E-state index contributed by atoms with van der Waals surface area (Å²) in [5.41, 5.74) is 7.28. The van der Waals surface area contributed by atoms with Crippen LogP contribution >= 0.6 is 0 Å². The molecule has 0 aromatic heterocycles. The summed E-state index contributed by atoms with van der Waals surface area (Å²) < 4.78 is 19.5. The van der Waals surface area contributed by atoms with E-state index in [1.807, 2.05) is 25.1 Å². The van der Waals surface area contributed by atoms with Crippen LogP contribution in [-0.4, -0.2) is 0 Å². The highest BCUT2D eigenvalue weighted by Crippen LogP contribution is 2.30. The molecule has 1 unspecified atom stereocenters. The van der Waals surface area contributed by atoms with Crippen molar-refractivity contribution in [2.45, 2.75) is 19.9 Å². The second-order valence-electron chi connectivity index (χ2n) is 4.32. The van der Waals surface area contributed by atoms with Crippen molar-refractivity contribution in [3.8, 4) is 11.5 Å². The van der Waals surface area contributed by atoms with Gasteiger partial charge in [-0.25, -0.2) is 4.39 Å². The van der Waals surface area contributed by atoms with Crippen LogP contribution in [0.5, 0.6) is 11.5 Å². The topological polar surface area (TPSA) is 35.2 Å². The largest absolute Gasteiger partial charge is 0.454 e. The standard InChI is InChI=1S/C15H16FNO/c1-10-6-5-9-14(15(10)16)18-13-8-4-3-7-12(13)11(2)17/h3-9,11H,17H2,1-2H3. The number of para-hydroxylation sites is 1. The SMILES string of the molecule is Cc1cccc(Oc2ccccc2C(C)N)c1F. The Morgan fingerprint density at radius 3 is 2.44 bits per heavy atom. The first kappa shape index (κ1) is 12.6. The molecule has 94 valence electrons. The van der Waals surface area contributed by atoms with Crippen molar-refractivity contribution in [3.05, 3.63) is 59.4 Å². The van der Waals surface area contributed by atoms with Crippen molar-refractivity contribution in [1.82, 2.24) is 0 Å². The molecule has 0 saturated carbocycles. The molecule has 0 bridgehead atoms. The molecule has 0 aliphatic carbocycles. The molecule has 1 atom stereocenters. The van der Waals surface area contributed by atoms with Crippen LogP contribution in [0.25, 0.3) is 0 Å². The van der Waals surface area contributed by atoms with Gasteiger partial charge in [0.1, 0.15) is 5.75 Å². The lowest BCUT2D eigenvalue weighted by molar-refractivity contribution is 0.433. The van der Waals surface area contributed by atoms with E-state index in [1.54, 1.807) is 31.2 Å². The summed E-state index contributed by atoms with van der Waals surface area (Å²) in [5.74, 6) is 0.483. The Hall–Kier alpha value is -1.87. The molecule has 2 rings (SSSR count). The fraction of sp³-hybridized carbons (Fsp3) is 0.200. The number of hydrogen-bond acceptors (Lipinski definition) is 2. The first-order valence-electron chi connectivity index (χ1n) is 5.87. The van der Waals surface area contributed by atoms with Crippen LogP contribution in [0.15, 0.2) is 42.5 Å². The highest BCUT2D eigenvalue weighted by atomic mass is 19.1. The molecule has 0 amide bonds. The molecule has 3 heteroatoms. The van der Waals surface area contributed by atoms with E-state index in [4.69, 9.17) is 10.5 Å². The van der Waals surface area contributed by atoms with Crippen molar-refractivity contribution in [2.24, 2.45) is 5.73 Å². The van der Waals surface area contributed by atoms with E-state index in [1.165, 1.54) is 0 Å². The zero-order valence-corrected chi connectivity index (χ0v) is 10.5. The summed E-state index contributed by atoms with van der Waals surface area (Å²) in [6, 6.07) is 12.3. The number of ether oxygens (including phenoxy) is 1. The highest BCUT2D eigenvalue weighted by molar-refractivity contribution is 5.40. The molecule has 0 heterocycles. The molecule has 0 saturated heterocycles. The lowest BCUT2D eigenvalue weighted by Gasteiger charge is -2.14. The first-order valence-corrected chi connectivity index (χ1v) is 5.87. The van der Waals surface area contributed by atoms with E-state index in [-0.39, 0.29) is 17.6 Å². The van der Waals surface area contributed by atoms with Gasteiger partial charge in [0.05, 0.1) is 0 Å². The Morgan fingerprint density at radius 2 is 1.72 bits per heavy atom. The number of benzene rings is 2. The maximum atomic E-state index is 13.9. The van der Waals surface area contributed by atoms with Gasteiger partial charge in [-0.1, -0.05) is 30.3 Å². The number of rotatable bonds is 3. The fourth-order valence-corrected chi connectivity index (χ4v) is 1.77. The third kappa shape index (κ3) is 2.51. The van der Waals surface area contributed by atoms with Gasteiger partial charge in [-0.15, -0.1) is 0 Å². The predicted molar refractivity (Wildman–Crippen MR) is 70.3 cm³/mol. The predicted octanol–water partition coefficient (Wildman–Crippen LogP) is 3.95. The Morgan fingerprint density at radius 1 is 1.06 bits per heavy atom. The third-order valence-corrected chi connectivity index (χ3v) is 2.79. The van der Waals surface area contributed by atoms with E-state index < -0.39 is 0 Å². The van der Waals surface area contributed by atoms with Gasteiger partial charge < -0.3 is 10.5 Å². The molecule has 2 aromatic carbocycles. The minimum atomic E-state index is -0.336. The van der Waals surface area contributed by atoms with E-state index >= 15 is 0 Å². The maximum absolute atomic E-state index is 13.9. The minimum Gasteiger partial charge on any atom is -0.454 e. The van der Waals surface area contributed by atoms with Gasteiger partial charge in [-0.3, -0.25) is 0 Å². The van der Waals surface area contributed by atoms with Gasteiger partial charge >= 0.3 is 0 Å². The van der Waals surface area contributed by atoms with E-state index in [2.05, 4.69) is 0 Å². The van der Waals surface area contributed by atoms with E-state index in [0.29, 0.717) is 11.3 Å². The molecule has 2 aromatic rings. The molecule has 0 aliphatic heterocycles. The summed E-state index contributed by atoms with van der Waals surface area (Å²) in [6.45, 7) is 3.58. The van der Waals surface area contributed by atoms with Gasteiger partial charge in [0, 0.05) is 11.6 Å². The molecule has 0 aliphatic rings. The van der Waals surface area contributed by atoms with Crippen LogP contribution in [0.1, 0.15) is 24.1 Å². The number of nitrogens with two attached hydrogens (primary N) is 1. The van der Waals surface area contributed by atoms with Crippen LogP contribution in [0.4, 0.5) is 4.39 Å². The van der Waals surface area contributed by atoms with Gasteiger partial charge in [-0.05, 0) is 31.5 Å². The number of aryl methyl sites for hydroxylation is 1. The third-order valence-electron chi connectivity index (χ3n) is 2.79. The van der Waals surface area contributed by atoms with Crippen molar-refractivity contribution < 1.29 is 9.13 Å². The summed E-state index contributed by atoms with van der Waals surface area (Å²) in [6.07, 6.45) is 0. The van der Waals surface area contributed by atoms with Crippen molar-refractivity contribution >= 4 is 0 Å². The highest BCUT2D eigenvalue weighted by Gasteiger charge is 2.11. The first-order chi connectivity index (χ1) is 8.59. The zero-order valence-electron chi connectivity index (χ0n) is 10.5. The summed E-state index contributed by atoms with van der Waals surface area (Å²) in [7, 11) is 0. The summed E-state index contributed by atoms with van der Waals surface area (Å²) in [4.78, 5) is 0. The number of hydrogen-bond donors (Lipinski definition) is 1. The molecule has 2 N–H and O–H groups in total. The fourth-order valence-electron chi connectivity index (χ4n) is 1.77. The van der Waals surface area contributed by atoms with Gasteiger partial charge in [0.15, 0.2) is 11.6 Å². The molecular weight excluding hydrogens is 229 g/mol. The second kappa shape index (κ2) is 5.19. The van der Waals surface area contributed by atoms with Crippen LogP contribution in [-0.2, 0) is 0 Å². The zero-order chi connectivity index (χ0) is 13.1. The summed E-state index contributed by atoms with van der Waals surface area (Å²) in [5, 5.41) is 0. The minimum absolute atomic E-state index is 0.158. The van der Waals surface area contributed by atoms with Gasteiger partial charge in [-0.2, -0.15) is 0 Å². The van der Waals surface area contributed by atoms with Crippen molar-refractivity contribution in [2.75, 3.05) is 0 Å². The van der Waals surface area contributed by atoms with E-state index in [9.17, 15) is 4.39 Å². The summed E-state index contributed by atoms with van der Waals surface area (Å²) >= 11 is 0. The Bertz CT molecular complexity index is 552. The average molecular weight is 245 g/mol. The Balaban J connectivity index is 2.37. The number of halogens is 1. The molecular formula is C15H16FNO. The van der Waals surface area contributed by atoms with Crippen molar-refractivity contribution in [3.63, 3.8) is 0 Å². The smallest absolute Gasteiger partial charge is 0.168 e. The lowest BCUT2D eigenvalue weighted by atomic mass is 10.1. The molecule has 0 fully saturated rings. The second-order valence-corrected chi connectivity index (χ2v) is 4.32. The maximum Gasteiger partial charge on any atom is 0.168 e. The Kier molecular flexibility index (Phi) is 3.63. The molecule has 0 spiro atoms. The molecule has 18 heavy (non-hydrogen) atoms. The van der Waals surface area contributed by atoms with Gasteiger partial charge in [0.2, 0.25) is 0 Å². The lowest BCUT2D eigenvalue weighted by Crippen LogP contribution is -2.06. The van der Waals surface area contributed by atoms with E-state index in [0.717, 1.165) is 5.56 Å².